The first-order chi connectivity index (χ1) is 13.0. The molecule has 0 fully saturated rings. The molecule has 0 aliphatic heterocycles. The highest BCUT2D eigenvalue weighted by molar-refractivity contribution is 7.98. The molecule has 140 valence electrons. The molecule has 0 bridgehead atoms. The van der Waals surface area contributed by atoms with E-state index in [-0.39, 0.29) is 11.4 Å². The minimum absolute atomic E-state index is 0.00102. The summed E-state index contributed by atoms with van der Waals surface area (Å²) in [5, 5.41) is 15.5. The van der Waals surface area contributed by atoms with Gasteiger partial charge in [-0.2, -0.15) is 4.98 Å². The number of rotatable bonds is 7. The van der Waals surface area contributed by atoms with Crippen molar-refractivity contribution in [3.05, 3.63) is 68.5 Å². The van der Waals surface area contributed by atoms with Crippen LogP contribution in [-0.4, -0.2) is 19.6 Å². The number of aromatic nitrogens is 3. The molecule has 0 spiro atoms. The summed E-state index contributed by atoms with van der Waals surface area (Å²) in [6.07, 6.45) is 2.68. The topological polar surface area (TPSA) is 104 Å². The monoisotopic (exact) mass is 386 g/mol. The van der Waals surface area contributed by atoms with Crippen LogP contribution in [0.5, 0.6) is 0 Å². The first-order valence-corrected chi connectivity index (χ1v) is 9.37. The molecule has 0 saturated carbocycles. The maximum absolute atomic E-state index is 12.0. The summed E-state index contributed by atoms with van der Waals surface area (Å²) in [7, 11) is 0. The molecular formula is C18H18N4O4S. The second-order valence-corrected chi connectivity index (χ2v) is 6.94. The molecule has 0 saturated heterocycles. The number of hydrogen-bond acceptors (Lipinski definition) is 7. The summed E-state index contributed by atoms with van der Waals surface area (Å²) in [5.41, 5.74) is 1.79. The molecule has 3 rings (SSSR count). The van der Waals surface area contributed by atoms with Crippen LogP contribution in [-0.2, 0) is 12.3 Å². The van der Waals surface area contributed by atoms with E-state index in [0.717, 1.165) is 12.0 Å². The van der Waals surface area contributed by atoms with Gasteiger partial charge in [-0.15, -0.1) is 0 Å². The molecule has 0 atom stereocenters. The summed E-state index contributed by atoms with van der Waals surface area (Å²) in [4.78, 5) is 26.6. The molecule has 8 nitrogen and oxygen atoms in total. The van der Waals surface area contributed by atoms with E-state index in [9.17, 15) is 14.9 Å². The third-order valence-corrected chi connectivity index (χ3v) is 4.97. The Labute approximate surface area is 159 Å². The summed E-state index contributed by atoms with van der Waals surface area (Å²) < 4.78 is 6.93. The van der Waals surface area contributed by atoms with E-state index in [4.69, 9.17) is 4.52 Å². The molecule has 0 unspecified atom stereocenters. The largest absolute Gasteiger partial charge is 0.360 e. The van der Waals surface area contributed by atoms with Crippen LogP contribution in [0.1, 0.15) is 24.7 Å². The molecule has 0 N–H and O–H groups in total. The highest BCUT2D eigenvalue weighted by Gasteiger charge is 2.13. The minimum Gasteiger partial charge on any atom is -0.360 e. The van der Waals surface area contributed by atoms with Gasteiger partial charge in [0.25, 0.3) is 5.69 Å². The Morgan fingerprint density at radius 3 is 2.89 bits per heavy atom. The van der Waals surface area contributed by atoms with Crippen LogP contribution in [0.15, 0.2) is 50.9 Å². The molecule has 9 heteroatoms. The van der Waals surface area contributed by atoms with E-state index in [1.165, 1.54) is 23.9 Å². The summed E-state index contributed by atoms with van der Waals surface area (Å²) in [5.74, 6) is 1.05. The highest BCUT2D eigenvalue weighted by Crippen LogP contribution is 2.27. The molecule has 0 amide bonds. The van der Waals surface area contributed by atoms with Gasteiger partial charge in [0.2, 0.25) is 0 Å². The van der Waals surface area contributed by atoms with Crippen molar-refractivity contribution in [2.45, 2.75) is 37.6 Å². The van der Waals surface area contributed by atoms with Crippen molar-refractivity contribution in [2.75, 3.05) is 0 Å². The quantitative estimate of drug-likeness (QED) is 0.263. The minimum atomic E-state index is -0.449. The van der Waals surface area contributed by atoms with Crippen LogP contribution in [0.25, 0.3) is 11.3 Å². The van der Waals surface area contributed by atoms with E-state index in [1.54, 1.807) is 22.8 Å². The van der Waals surface area contributed by atoms with Crippen molar-refractivity contribution < 1.29 is 9.45 Å². The smallest absolute Gasteiger partial charge is 0.348 e. The van der Waals surface area contributed by atoms with E-state index in [0.29, 0.717) is 34.3 Å². The standard InChI is InChI=1S/C18H18N4O4S/c1-3-7-21-10-12(2)17(19-18(21)23)27-11-15-9-16(20-26-15)13-5-4-6-14(8-13)22(24)25/h4-6,8-10H,3,7,11H2,1-2H3. The fourth-order valence-electron chi connectivity index (χ4n) is 2.57. The first kappa shape index (κ1) is 18.8. The molecule has 2 heterocycles. The lowest BCUT2D eigenvalue weighted by molar-refractivity contribution is -0.384. The molecule has 1 aromatic carbocycles. The number of nitrogens with zero attached hydrogens (tertiary/aromatic N) is 4. The lowest BCUT2D eigenvalue weighted by Gasteiger charge is -2.07. The van der Waals surface area contributed by atoms with Gasteiger partial charge in [0.1, 0.15) is 16.5 Å². The average molecular weight is 386 g/mol. The normalized spacial score (nSPS) is 10.9. The number of hydrogen-bond donors (Lipinski definition) is 0. The van der Waals surface area contributed by atoms with Crippen LogP contribution >= 0.6 is 11.8 Å². The molecule has 0 radical (unpaired) electrons. The third kappa shape index (κ3) is 4.43. The number of benzene rings is 1. The van der Waals surface area contributed by atoms with Crippen LogP contribution in [0, 0.1) is 17.0 Å². The maximum Gasteiger partial charge on any atom is 0.348 e. The zero-order chi connectivity index (χ0) is 19.4. The zero-order valence-electron chi connectivity index (χ0n) is 14.9. The third-order valence-electron chi connectivity index (χ3n) is 3.86. The Kier molecular flexibility index (Phi) is 5.70. The summed E-state index contributed by atoms with van der Waals surface area (Å²) in [6, 6.07) is 7.96. The van der Waals surface area contributed by atoms with Gasteiger partial charge in [0.05, 0.1) is 10.7 Å². The van der Waals surface area contributed by atoms with E-state index < -0.39 is 4.92 Å². The van der Waals surface area contributed by atoms with Crippen molar-refractivity contribution in [1.29, 1.82) is 0 Å². The van der Waals surface area contributed by atoms with Crippen LogP contribution in [0.3, 0.4) is 0 Å². The van der Waals surface area contributed by atoms with Crippen LogP contribution < -0.4 is 5.69 Å². The Hall–Kier alpha value is -2.94. The number of non-ortho nitro benzene ring substituents is 1. The van der Waals surface area contributed by atoms with Crippen molar-refractivity contribution in [1.82, 2.24) is 14.7 Å². The maximum atomic E-state index is 12.0. The van der Waals surface area contributed by atoms with Crippen LogP contribution in [0.2, 0.25) is 0 Å². The molecule has 0 aliphatic carbocycles. The Balaban J connectivity index is 1.74. The van der Waals surface area contributed by atoms with Gasteiger partial charge in [-0.05, 0) is 18.9 Å². The SMILES string of the molecule is CCCn1cc(C)c(SCc2cc(-c3cccc([N+](=O)[O-])c3)no2)nc1=O. The Morgan fingerprint density at radius 1 is 1.33 bits per heavy atom. The van der Waals surface area contributed by atoms with Gasteiger partial charge in [0.15, 0.2) is 0 Å². The fraction of sp³-hybridized carbons (Fsp3) is 0.278. The number of nitro benzene ring substituents is 1. The molecule has 0 aliphatic rings. The van der Waals surface area contributed by atoms with Crippen LogP contribution in [0.4, 0.5) is 5.69 Å². The highest BCUT2D eigenvalue weighted by atomic mass is 32.2. The summed E-state index contributed by atoms with van der Waals surface area (Å²) in [6.45, 7) is 4.56. The predicted octanol–water partition coefficient (Wildman–Crippen LogP) is 3.82. The molecule has 3 aromatic rings. The lowest BCUT2D eigenvalue weighted by Crippen LogP contribution is -2.23. The zero-order valence-corrected chi connectivity index (χ0v) is 15.7. The van der Waals surface area contributed by atoms with Crippen molar-refractivity contribution in [3.8, 4) is 11.3 Å². The van der Waals surface area contributed by atoms with Crippen molar-refractivity contribution in [2.24, 2.45) is 0 Å². The average Bonchev–Trinajstić information content (AvgIpc) is 3.12. The summed E-state index contributed by atoms with van der Waals surface area (Å²) >= 11 is 1.39. The van der Waals surface area contributed by atoms with Gasteiger partial charge in [0, 0.05) is 36.5 Å². The van der Waals surface area contributed by atoms with Gasteiger partial charge >= 0.3 is 5.69 Å². The number of aryl methyl sites for hydroxylation is 2. The number of nitro groups is 1. The first-order valence-electron chi connectivity index (χ1n) is 8.39. The molecular weight excluding hydrogens is 368 g/mol. The lowest BCUT2D eigenvalue weighted by atomic mass is 10.1. The number of thioether (sulfide) groups is 1. The second-order valence-electron chi connectivity index (χ2n) is 5.98. The van der Waals surface area contributed by atoms with E-state index >= 15 is 0 Å². The van der Waals surface area contributed by atoms with Crippen molar-refractivity contribution >= 4 is 17.4 Å². The van der Waals surface area contributed by atoms with E-state index in [1.807, 2.05) is 20.0 Å². The Bertz CT molecular complexity index is 1030. The fourth-order valence-corrected chi connectivity index (χ4v) is 3.40. The predicted molar refractivity (Wildman–Crippen MR) is 102 cm³/mol. The Morgan fingerprint density at radius 2 is 2.15 bits per heavy atom. The molecule has 2 aromatic heterocycles. The van der Waals surface area contributed by atoms with Crippen molar-refractivity contribution in [3.63, 3.8) is 0 Å². The van der Waals surface area contributed by atoms with E-state index in [2.05, 4.69) is 10.1 Å². The van der Waals surface area contributed by atoms with Gasteiger partial charge in [-0.3, -0.25) is 14.7 Å². The second kappa shape index (κ2) is 8.17. The molecule has 27 heavy (non-hydrogen) atoms. The van der Waals surface area contributed by atoms with Gasteiger partial charge in [-0.25, -0.2) is 4.79 Å². The van der Waals surface area contributed by atoms with Gasteiger partial charge < -0.3 is 4.52 Å². The van der Waals surface area contributed by atoms with Gasteiger partial charge in [-0.1, -0.05) is 36.0 Å².